The lowest BCUT2D eigenvalue weighted by atomic mass is 10.0. The van der Waals surface area contributed by atoms with Crippen molar-refractivity contribution in [2.45, 2.75) is 0 Å². The van der Waals surface area contributed by atoms with Gasteiger partial charge in [-0.15, -0.1) is 0 Å². The Morgan fingerprint density at radius 3 is 1.94 bits per heavy atom. The first-order valence-electron chi connectivity index (χ1n) is 4.79. The Balaban J connectivity index is 2.63. The summed E-state index contributed by atoms with van der Waals surface area (Å²) in [6.45, 7) is 0. The fourth-order valence-corrected chi connectivity index (χ4v) is 1.55. The molecule has 0 saturated heterocycles. The van der Waals surface area contributed by atoms with Crippen LogP contribution < -0.4 is 17.2 Å². The van der Waals surface area contributed by atoms with Crippen LogP contribution in [0.1, 0.15) is 0 Å². The van der Waals surface area contributed by atoms with Gasteiger partial charge in [-0.05, 0) is 29.8 Å². The summed E-state index contributed by atoms with van der Waals surface area (Å²) in [4.78, 5) is 0. The van der Waals surface area contributed by atoms with Crippen LogP contribution in [0.25, 0.3) is 11.1 Å². The van der Waals surface area contributed by atoms with Crippen LogP contribution in [0, 0.1) is 5.82 Å². The summed E-state index contributed by atoms with van der Waals surface area (Å²) in [7, 11) is 0. The van der Waals surface area contributed by atoms with E-state index in [2.05, 4.69) is 0 Å². The molecule has 0 saturated carbocycles. The van der Waals surface area contributed by atoms with Gasteiger partial charge < -0.3 is 17.2 Å². The summed E-state index contributed by atoms with van der Waals surface area (Å²) in [5, 5.41) is 0. The summed E-state index contributed by atoms with van der Waals surface area (Å²) < 4.78 is 13.8. The molecule has 0 aliphatic carbocycles. The second kappa shape index (κ2) is 3.73. The topological polar surface area (TPSA) is 78.1 Å². The summed E-state index contributed by atoms with van der Waals surface area (Å²) in [6, 6.07) is 9.84. The molecule has 0 heterocycles. The third kappa shape index (κ3) is 1.65. The van der Waals surface area contributed by atoms with Crippen LogP contribution in [0.15, 0.2) is 36.4 Å². The predicted molar refractivity (Wildman–Crippen MR) is 65.1 cm³/mol. The van der Waals surface area contributed by atoms with Crippen molar-refractivity contribution in [1.82, 2.24) is 0 Å². The Bertz CT molecular complexity index is 521. The van der Waals surface area contributed by atoms with E-state index >= 15 is 0 Å². The quantitative estimate of drug-likeness (QED) is 0.641. The van der Waals surface area contributed by atoms with E-state index in [1.165, 1.54) is 6.07 Å². The monoisotopic (exact) mass is 217 g/mol. The predicted octanol–water partition coefficient (Wildman–Crippen LogP) is 2.24. The lowest BCUT2D eigenvalue weighted by molar-refractivity contribution is 0.636. The fourth-order valence-electron chi connectivity index (χ4n) is 1.55. The molecular formula is C12H12FN3. The lowest BCUT2D eigenvalue weighted by Gasteiger charge is -2.09. The van der Waals surface area contributed by atoms with Gasteiger partial charge in [0.1, 0.15) is 0 Å². The maximum atomic E-state index is 13.8. The first-order chi connectivity index (χ1) is 7.59. The van der Waals surface area contributed by atoms with Gasteiger partial charge in [-0.2, -0.15) is 0 Å². The van der Waals surface area contributed by atoms with Crippen LogP contribution in [0.4, 0.5) is 21.5 Å². The second-order valence-corrected chi connectivity index (χ2v) is 3.56. The van der Waals surface area contributed by atoms with Crippen LogP contribution >= 0.6 is 0 Å². The Morgan fingerprint density at radius 1 is 0.750 bits per heavy atom. The summed E-state index contributed by atoms with van der Waals surface area (Å²) in [6.07, 6.45) is 0. The van der Waals surface area contributed by atoms with Crippen LogP contribution in [0.2, 0.25) is 0 Å². The molecule has 0 aliphatic heterocycles. The summed E-state index contributed by atoms with van der Waals surface area (Å²) >= 11 is 0. The van der Waals surface area contributed by atoms with Gasteiger partial charge in [0.2, 0.25) is 0 Å². The number of hydrogen-bond donors (Lipinski definition) is 3. The Hall–Kier alpha value is -2.23. The van der Waals surface area contributed by atoms with Crippen molar-refractivity contribution in [2.75, 3.05) is 17.2 Å². The molecule has 0 spiro atoms. The second-order valence-electron chi connectivity index (χ2n) is 3.56. The number of benzene rings is 2. The first-order valence-corrected chi connectivity index (χ1v) is 4.79. The SMILES string of the molecule is Nc1ccc(-c2c(N)ccc(N)c2F)cc1. The van der Waals surface area contributed by atoms with E-state index in [0.717, 1.165) is 0 Å². The van der Waals surface area contributed by atoms with Crippen LogP contribution in [-0.2, 0) is 0 Å². The van der Waals surface area contributed by atoms with Gasteiger partial charge in [0.15, 0.2) is 5.82 Å². The van der Waals surface area contributed by atoms with E-state index in [1.54, 1.807) is 30.3 Å². The van der Waals surface area contributed by atoms with Gasteiger partial charge in [-0.25, -0.2) is 4.39 Å². The molecule has 2 aromatic carbocycles. The fraction of sp³-hybridized carbons (Fsp3) is 0. The Morgan fingerprint density at radius 2 is 1.31 bits per heavy atom. The number of nitrogens with two attached hydrogens (primary N) is 3. The zero-order valence-electron chi connectivity index (χ0n) is 8.57. The smallest absolute Gasteiger partial charge is 0.155 e. The van der Waals surface area contributed by atoms with Crippen molar-refractivity contribution in [1.29, 1.82) is 0 Å². The molecule has 4 heteroatoms. The summed E-state index contributed by atoms with van der Waals surface area (Å²) in [5.74, 6) is -0.496. The number of nitrogen functional groups attached to an aromatic ring is 3. The Labute approximate surface area is 92.7 Å². The van der Waals surface area contributed by atoms with Crippen molar-refractivity contribution in [3.05, 3.63) is 42.2 Å². The minimum atomic E-state index is -0.496. The molecule has 0 aliphatic rings. The minimum absolute atomic E-state index is 0.0843. The molecule has 0 amide bonds. The molecule has 16 heavy (non-hydrogen) atoms. The molecule has 2 aromatic rings. The first kappa shape index (κ1) is 10.3. The number of anilines is 3. The average molecular weight is 217 g/mol. The third-order valence-electron chi connectivity index (χ3n) is 2.40. The third-order valence-corrected chi connectivity index (χ3v) is 2.40. The maximum absolute atomic E-state index is 13.8. The molecule has 0 aromatic heterocycles. The highest BCUT2D eigenvalue weighted by molar-refractivity contribution is 5.80. The molecule has 3 nitrogen and oxygen atoms in total. The van der Waals surface area contributed by atoms with Crippen molar-refractivity contribution >= 4 is 17.1 Å². The zero-order chi connectivity index (χ0) is 11.7. The van der Waals surface area contributed by atoms with Gasteiger partial charge in [0.05, 0.1) is 5.69 Å². The average Bonchev–Trinajstić information content (AvgIpc) is 2.27. The number of rotatable bonds is 1. The molecule has 2 rings (SSSR count). The lowest BCUT2D eigenvalue weighted by Crippen LogP contribution is -1.98. The van der Waals surface area contributed by atoms with E-state index in [4.69, 9.17) is 17.2 Å². The van der Waals surface area contributed by atoms with E-state index in [-0.39, 0.29) is 5.69 Å². The van der Waals surface area contributed by atoms with Crippen molar-refractivity contribution < 1.29 is 4.39 Å². The highest BCUT2D eigenvalue weighted by atomic mass is 19.1. The Kier molecular flexibility index (Phi) is 2.40. The van der Waals surface area contributed by atoms with Gasteiger partial charge in [-0.1, -0.05) is 12.1 Å². The van der Waals surface area contributed by atoms with Crippen molar-refractivity contribution in [3.8, 4) is 11.1 Å². The molecular weight excluding hydrogens is 205 g/mol. The highest BCUT2D eigenvalue weighted by Crippen LogP contribution is 2.32. The van der Waals surface area contributed by atoms with Crippen LogP contribution in [0.5, 0.6) is 0 Å². The van der Waals surface area contributed by atoms with E-state index < -0.39 is 5.82 Å². The standard InChI is InChI=1S/C12H12FN3/c13-12-10(16)6-5-9(15)11(12)7-1-3-8(14)4-2-7/h1-6H,14-16H2. The van der Waals surface area contributed by atoms with Gasteiger partial charge in [-0.3, -0.25) is 0 Å². The molecule has 0 bridgehead atoms. The van der Waals surface area contributed by atoms with Gasteiger partial charge >= 0.3 is 0 Å². The number of halogens is 1. The van der Waals surface area contributed by atoms with Crippen LogP contribution in [-0.4, -0.2) is 0 Å². The van der Waals surface area contributed by atoms with E-state index in [1.807, 2.05) is 0 Å². The number of hydrogen-bond acceptors (Lipinski definition) is 3. The van der Waals surface area contributed by atoms with Gasteiger partial charge in [0, 0.05) is 16.9 Å². The van der Waals surface area contributed by atoms with Gasteiger partial charge in [0.25, 0.3) is 0 Å². The molecule has 0 fully saturated rings. The molecule has 0 radical (unpaired) electrons. The molecule has 0 atom stereocenters. The van der Waals surface area contributed by atoms with Crippen molar-refractivity contribution in [3.63, 3.8) is 0 Å². The zero-order valence-corrected chi connectivity index (χ0v) is 8.57. The highest BCUT2D eigenvalue weighted by Gasteiger charge is 2.11. The minimum Gasteiger partial charge on any atom is -0.399 e. The van der Waals surface area contributed by atoms with Crippen LogP contribution in [0.3, 0.4) is 0 Å². The molecule has 82 valence electrons. The maximum Gasteiger partial charge on any atom is 0.155 e. The largest absolute Gasteiger partial charge is 0.399 e. The van der Waals surface area contributed by atoms with E-state index in [9.17, 15) is 4.39 Å². The van der Waals surface area contributed by atoms with E-state index in [0.29, 0.717) is 22.5 Å². The summed E-state index contributed by atoms with van der Waals surface area (Å²) in [5.41, 5.74) is 18.8. The van der Waals surface area contributed by atoms with Crippen molar-refractivity contribution in [2.24, 2.45) is 0 Å². The molecule has 0 unspecified atom stereocenters. The molecule has 6 N–H and O–H groups in total. The normalized spacial score (nSPS) is 10.3.